The number of ether oxygens (including phenoxy) is 1. The van der Waals surface area contributed by atoms with E-state index >= 15 is 0 Å². The van der Waals surface area contributed by atoms with Crippen molar-refractivity contribution in [1.82, 2.24) is 5.32 Å². The van der Waals surface area contributed by atoms with Gasteiger partial charge in [0.05, 0.1) is 0 Å². The number of nitrogens with one attached hydrogen (secondary N) is 1. The Morgan fingerprint density at radius 2 is 1.89 bits per heavy atom. The highest BCUT2D eigenvalue weighted by atomic mass is 16.5. The molecular weight excluding hydrogens is 336 g/mol. The average Bonchev–Trinajstić information content (AvgIpc) is 2.73. The van der Waals surface area contributed by atoms with E-state index in [0.29, 0.717) is 18.9 Å². The minimum atomic E-state index is -0.0690. The topological polar surface area (TPSA) is 41.6 Å². The summed E-state index contributed by atoms with van der Waals surface area (Å²) in [7, 11) is 0. The lowest BCUT2D eigenvalue weighted by Crippen LogP contribution is -2.36. The second kappa shape index (κ2) is 8.57. The predicted octanol–water partition coefficient (Wildman–Crippen LogP) is 3.68. The summed E-state index contributed by atoms with van der Waals surface area (Å²) in [5.74, 6) is 0.367. The second-order valence-corrected chi connectivity index (χ2v) is 7.62. The number of carbonyl (C=O) groups excluding carboxylic acids is 1. The van der Waals surface area contributed by atoms with Crippen LogP contribution in [-0.2, 0) is 29.1 Å². The average molecular weight is 364 g/mol. The van der Waals surface area contributed by atoms with Crippen molar-refractivity contribution in [3.05, 3.63) is 65.2 Å². The molecule has 0 spiro atoms. The van der Waals surface area contributed by atoms with E-state index < -0.39 is 0 Å². The number of anilines is 1. The van der Waals surface area contributed by atoms with Crippen molar-refractivity contribution >= 4 is 11.7 Å². The van der Waals surface area contributed by atoms with Gasteiger partial charge in [-0.15, -0.1) is 0 Å². The van der Waals surface area contributed by atoms with Crippen LogP contribution >= 0.6 is 0 Å². The zero-order chi connectivity index (χ0) is 18.5. The zero-order valence-electron chi connectivity index (χ0n) is 15.8. The number of carbonyl (C=O) groups is 1. The standard InChI is InChI=1S/C23H28N2O2/c26-23(27-17-19-5-2-1-3-6-19)15-18-10-13-25(14-11-18)22-8-4-7-20-16-24-12-9-21(20)22/h1-8,18,24H,9-17H2. The molecule has 2 aliphatic rings. The molecule has 2 heterocycles. The molecule has 0 aromatic heterocycles. The zero-order valence-corrected chi connectivity index (χ0v) is 15.8. The molecule has 0 saturated carbocycles. The van der Waals surface area contributed by atoms with Gasteiger partial charge in [-0.1, -0.05) is 42.5 Å². The van der Waals surface area contributed by atoms with E-state index in [2.05, 4.69) is 28.4 Å². The van der Waals surface area contributed by atoms with E-state index in [1.54, 1.807) is 0 Å². The third kappa shape index (κ3) is 4.51. The molecule has 27 heavy (non-hydrogen) atoms. The summed E-state index contributed by atoms with van der Waals surface area (Å²) >= 11 is 0. The minimum absolute atomic E-state index is 0.0690. The van der Waals surface area contributed by atoms with Gasteiger partial charge in [0.15, 0.2) is 0 Å². The summed E-state index contributed by atoms with van der Waals surface area (Å²) in [6.45, 7) is 4.48. The van der Waals surface area contributed by atoms with E-state index in [9.17, 15) is 4.79 Å². The van der Waals surface area contributed by atoms with Crippen LogP contribution in [0.4, 0.5) is 5.69 Å². The molecule has 0 radical (unpaired) electrons. The first kappa shape index (κ1) is 18.1. The summed E-state index contributed by atoms with van der Waals surface area (Å²) in [6.07, 6.45) is 3.76. The SMILES string of the molecule is O=C(CC1CCN(c2cccc3c2CCNC3)CC1)OCc1ccccc1. The van der Waals surface area contributed by atoms with Crippen molar-refractivity contribution in [3.8, 4) is 0 Å². The maximum absolute atomic E-state index is 12.2. The Kier molecular flexibility index (Phi) is 5.73. The number of rotatable bonds is 5. The van der Waals surface area contributed by atoms with Crippen LogP contribution in [0, 0.1) is 5.92 Å². The number of esters is 1. The Bertz CT molecular complexity index is 767. The Balaban J connectivity index is 1.27. The lowest BCUT2D eigenvalue weighted by Gasteiger charge is -2.35. The maximum atomic E-state index is 12.2. The van der Waals surface area contributed by atoms with Gasteiger partial charge in [-0.3, -0.25) is 4.79 Å². The van der Waals surface area contributed by atoms with Gasteiger partial charge >= 0.3 is 5.97 Å². The third-order valence-corrected chi connectivity index (χ3v) is 5.77. The molecule has 1 N–H and O–H groups in total. The number of benzene rings is 2. The van der Waals surface area contributed by atoms with Crippen LogP contribution in [0.5, 0.6) is 0 Å². The lowest BCUT2D eigenvalue weighted by atomic mass is 9.91. The second-order valence-electron chi connectivity index (χ2n) is 7.62. The van der Waals surface area contributed by atoms with E-state index in [0.717, 1.165) is 51.0 Å². The fraction of sp³-hybridized carbons (Fsp3) is 0.435. The minimum Gasteiger partial charge on any atom is -0.461 e. The molecule has 1 saturated heterocycles. The van der Waals surface area contributed by atoms with E-state index in [4.69, 9.17) is 4.74 Å². The van der Waals surface area contributed by atoms with Crippen molar-refractivity contribution in [2.24, 2.45) is 5.92 Å². The highest BCUT2D eigenvalue weighted by Crippen LogP contribution is 2.31. The van der Waals surface area contributed by atoms with Gasteiger partial charge in [-0.05, 0) is 54.5 Å². The van der Waals surface area contributed by atoms with Crippen LogP contribution in [0.2, 0.25) is 0 Å². The molecule has 4 rings (SSSR count). The Hall–Kier alpha value is -2.33. The predicted molar refractivity (Wildman–Crippen MR) is 108 cm³/mol. The van der Waals surface area contributed by atoms with Gasteiger partial charge < -0.3 is 15.0 Å². The summed E-state index contributed by atoms with van der Waals surface area (Å²) in [5, 5.41) is 3.45. The van der Waals surface area contributed by atoms with Crippen LogP contribution in [0.25, 0.3) is 0 Å². The van der Waals surface area contributed by atoms with Gasteiger partial charge in [-0.25, -0.2) is 0 Å². The Morgan fingerprint density at radius 1 is 1.07 bits per heavy atom. The molecule has 2 aromatic carbocycles. The first-order valence-electron chi connectivity index (χ1n) is 10.1. The Morgan fingerprint density at radius 3 is 2.70 bits per heavy atom. The number of hydrogen-bond donors (Lipinski definition) is 1. The third-order valence-electron chi connectivity index (χ3n) is 5.77. The van der Waals surface area contributed by atoms with Gasteiger partial charge in [-0.2, -0.15) is 0 Å². The number of nitrogens with zero attached hydrogens (tertiary/aromatic N) is 1. The molecule has 1 fully saturated rings. The molecule has 0 amide bonds. The van der Waals surface area contributed by atoms with Crippen molar-refractivity contribution in [3.63, 3.8) is 0 Å². The van der Waals surface area contributed by atoms with Gasteiger partial charge in [0.1, 0.15) is 6.61 Å². The number of fused-ring (bicyclic) bond motifs is 1. The van der Waals surface area contributed by atoms with E-state index in [1.807, 2.05) is 30.3 Å². The first-order chi connectivity index (χ1) is 13.3. The van der Waals surface area contributed by atoms with Crippen molar-refractivity contribution in [1.29, 1.82) is 0 Å². The van der Waals surface area contributed by atoms with Crippen LogP contribution in [0.1, 0.15) is 36.0 Å². The molecule has 0 atom stereocenters. The molecule has 2 aliphatic heterocycles. The summed E-state index contributed by atoms with van der Waals surface area (Å²) in [6, 6.07) is 16.6. The molecule has 0 unspecified atom stereocenters. The van der Waals surface area contributed by atoms with Gasteiger partial charge in [0, 0.05) is 31.7 Å². The fourth-order valence-electron chi connectivity index (χ4n) is 4.22. The molecular formula is C23H28N2O2. The molecule has 0 aliphatic carbocycles. The molecule has 2 aromatic rings. The van der Waals surface area contributed by atoms with Gasteiger partial charge in [0.2, 0.25) is 0 Å². The summed E-state index contributed by atoms with van der Waals surface area (Å²) in [4.78, 5) is 14.7. The van der Waals surface area contributed by atoms with Crippen molar-refractivity contribution in [2.75, 3.05) is 24.5 Å². The first-order valence-corrected chi connectivity index (χ1v) is 10.1. The summed E-state index contributed by atoms with van der Waals surface area (Å²) < 4.78 is 5.46. The Labute approximate surface area is 161 Å². The van der Waals surface area contributed by atoms with Crippen LogP contribution in [-0.4, -0.2) is 25.6 Å². The fourth-order valence-corrected chi connectivity index (χ4v) is 4.22. The maximum Gasteiger partial charge on any atom is 0.306 e. The highest BCUT2D eigenvalue weighted by molar-refractivity contribution is 5.69. The van der Waals surface area contributed by atoms with E-state index in [1.165, 1.54) is 16.8 Å². The van der Waals surface area contributed by atoms with Crippen LogP contribution in [0.3, 0.4) is 0 Å². The molecule has 142 valence electrons. The quantitative estimate of drug-likeness (QED) is 0.822. The summed E-state index contributed by atoms with van der Waals surface area (Å²) in [5.41, 5.74) is 5.39. The number of piperidine rings is 1. The highest BCUT2D eigenvalue weighted by Gasteiger charge is 2.24. The number of hydrogen-bond acceptors (Lipinski definition) is 4. The molecule has 0 bridgehead atoms. The lowest BCUT2D eigenvalue weighted by molar-refractivity contribution is -0.146. The smallest absolute Gasteiger partial charge is 0.306 e. The van der Waals surface area contributed by atoms with Crippen LogP contribution < -0.4 is 10.2 Å². The largest absolute Gasteiger partial charge is 0.461 e. The van der Waals surface area contributed by atoms with Crippen molar-refractivity contribution in [2.45, 2.75) is 38.8 Å². The van der Waals surface area contributed by atoms with Gasteiger partial charge in [0.25, 0.3) is 0 Å². The van der Waals surface area contributed by atoms with Crippen LogP contribution in [0.15, 0.2) is 48.5 Å². The molecule has 4 nitrogen and oxygen atoms in total. The normalized spacial score (nSPS) is 17.4. The van der Waals surface area contributed by atoms with E-state index in [-0.39, 0.29) is 5.97 Å². The monoisotopic (exact) mass is 364 g/mol. The molecule has 4 heteroatoms. The van der Waals surface area contributed by atoms with Crippen molar-refractivity contribution < 1.29 is 9.53 Å².